The summed E-state index contributed by atoms with van der Waals surface area (Å²) in [5.74, 6) is 0.145. The lowest BCUT2D eigenvalue weighted by Gasteiger charge is -2.20. The molecule has 0 spiro atoms. The number of halogens is 3. The van der Waals surface area contributed by atoms with Crippen LogP contribution in [0.2, 0.25) is 0 Å². The molecule has 0 radical (unpaired) electrons. The minimum absolute atomic E-state index is 0.145. The number of pyridine rings is 2. The van der Waals surface area contributed by atoms with Gasteiger partial charge in [-0.1, -0.05) is 35.9 Å². The van der Waals surface area contributed by atoms with E-state index < -0.39 is 17.8 Å². The Morgan fingerprint density at radius 3 is 2.44 bits per heavy atom. The van der Waals surface area contributed by atoms with Gasteiger partial charge in [-0.25, -0.2) is 4.98 Å². The fourth-order valence-corrected chi connectivity index (χ4v) is 2.56. The first-order valence-corrected chi connectivity index (χ1v) is 7.71. The smallest absolute Gasteiger partial charge is 0.358 e. The van der Waals surface area contributed by atoms with Crippen molar-refractivity contribution in [2.75, 3.05) is 5.32 Å². The molecule has 0 aliphatic carbocycles. The fourth-order valence-electron chi connectivity index (χ4n) is 2.56. The highest BCUT2D eigenvalue weighted by Gasteiger charge is 2.31. The topological polar surface area (TPSA) is 37.8 Å². The Kier molecular flexibility index (Phi) is 4.70. The van der Waals surface area contributed by atoms with Crippen molar-refractivity contribution in [1.82, 2.24) is 9.97 Å². The van der Waals surface area contributed by atoms with Crippen molar-refractivity contribution in [3.05, 3.63) is 89.4 Å². The van der Waals surface area contributed by atoms with Gasteiger partial charge in [0.1, 0.15) is 5.82 Å². The van der Waals surface area contributed by atoms with Gasteiger partial charge in [0, 0.05) is 12.4 Å². The summed E-state index contributed by atoms with van der Waals surface area (Å²) in [6.07, 6.45) is -1.61. The van der Waals surface area contributed by atoms with Crippen molar-refractivity contribution in [2.45, 2.75) is 19.1 Å². The Balaban J connectivity index is 1.99. The predicted octanol–water partition coefficient (Wildman–Crippen LogP) is 5.01. The van der Waals surface area contributed by atoms with Crippen molar-refractivity contribution in [3.63, 3.8) is 0 Å². The molecule has 2 aromatic heterocycles. The highest BCUT2D eigenvalue weighted by Crippen LogP contribution is 2.31. The second-order valence-electron chi connectivity index (χ2n) is 5.67. The zero-order valence-electron chi connectivity index (χ0n) is 13.5. The maximum atomic E-state index is 12.9. The van der Waals surface area contributed by atoms with Crippen LogP contribution in [-0.4, -0.2) is 9.97 Å². The molecular formula is C19H16F3N3. The lowest BCUT2D eigenvalue weighted by molar-refractivity contribution is -0.137. The number of nitrogens with one attached hydrogen (secondary N) is 1. The standard InChI is InChI=1S/C19H16F3N3/c1-13-5-4-6-14(11-13)18(16-7-2-3-9-23-16)25-17-12-15(8-10-24-17)19(20,21)22/h2-12,18H,1H3,(H,24,25). The van der Waals surface area contributed by atoms with Crippen LogP contribution in [0.1, 0.15) is 28.4 Å². The van der Waals surface area contributed by atoms with Crippen molar-refractivity contribution in [2.24, 2.45) is 0 Å². The lowest BCUT2D eigenvalue weighted by atomic mass is 10.0. The number of rotatable bonds is 4. The first-order chi connectivity index (χ1) is 11.9. The number of anilines is 1. The number of benzene rings is 1. The number of alkyl halides is 3. The van der Waals surface area contributed by atoms with Crippen molar-refractivity contribution < 1.29 is 13.2 Å². The summed E-state index contributed by atoms with van der Waals surface area (Å²) in [6.45, 7) is 1.96. The van der Waals surface area contributed by atoms with Crippen molar-refractivity contribution >= 4 is 5.82 Å². The van der Waals surface area contributed by atoms with Crippen LogP contribution < -0.4 is 5.32 Å². The number of aryl methyl sites for hydroxylation is 1. The molecule has 0 amide bonds. The minimum Gasteiger partial charge on any atom is -0.358 e. The molecule has 1 aromatic carbocycles. The van der Waals surface area contributed by atoms with Gasteiger partial charge in [0.15, 0.2) is 0 Å². The Bertz CT molecular complexity index is 848. The maximum Gasteiger partial charge on any atom is 0.416 e. The van der Waals surface area contributed by atoms with Crippen LogP contribution in [0.5, 0.6) is 0 Å². The molecule has 2 heterocycles. The number of hydrogen-bond acceptors (Lipinski definition) is 3. The summed E-state index contributed by atoms with van der Waals surface area (Å²) < 4.78 is 38.8. The highest BCUT2D eigenvalue weighted by molar-refractivity contribution is 5.45. The van der Waals surface area contributed by atoms with Crippen molar-refractivity contribution in [3.8, 4) is 0 Å². The van der Waals surface area contributed by atoms with Crippen LogP contribution in [-0.2, 0) is 6.18 Å². The van der Waals surface area contributed by atoms with Crippen LogP contribution in [0.15, 0.2) is 67.0 Å². The summed E-state index contributed by atoms with van der Waals surface area (Å²) in [7, 11) is 0. The van der Waals surface area contributed by atoms with Crippen molar-refractivity contribution in [1.29, 1.82) is 0 Å². The number of hydrogen-bond donors (Lipinski definition) is 1. The van der Waals surface area contributed by atoms with Gasteiger partial charge in [-0.05, 0) is 36.8 Å². The highest BCUT2D eigenvalue weighted by atomic mass is 19.4. The Morgan fingerprint density at radius 2 is 1.76 bits per heavy atom. The molecule has 1 N–H and O–H groups in total. The predicted molar refractivity (Wildman–Crippen MR) is 90.1 cm³/mol. The van der Waals surface area contributed by atoms with E-state index in [0.717, 1.165) is 29.5 Å². The average molecular weight is 343 g/mol. The molecule has 3 aromatic rings. The quantitative estimate of drug-likeness (QED) is 0.724. The van der Waals surface area contributed by atoms with Gasteiger partial charge in [-0.2, -0.15) is 13.2 Å². The molecular weight excluding hydrogens is 327 g/mol. The van der Waals surface area contributed by atoms with E-state index >= 15 is 0 Å². The van der Waals surface area contributed by atoms with E-state index in [1.165, 1.54) is 0 Å². The Labute approximate surface area is 143 Å². The monoisotopic (exact) mass is 343 g/mol. The maximum absolute atomic E-state index is 12.9. The fraction of sp³-hybridized carbons (Fsp3) is 0.158. The summed E-state index contributed by atoms with van der Waals surface area (Å²) in [5.41, 5.74) is 1.91. The van der Waals surface area contributed by atoms with Crippen LogP contribution in [0.4, 0.5) is 19.0 Å². The second-order valence-corrected chi connectivity index (χ2v) is 5.67. The second kappa shape index (κ2) is 6.93. The van der Waals surface area contributed by atoms with Gasteiger partial charge in [-0.3, -0.25) is 4.98 Å². The number of nitrogens with zero attached hydrogens (tertiary/aromatic N) is 2. The van der Waals surface area contributed by atoms with Crippen LogP contribution in [0, 0.1) is 6.92 Å². The summed E-state index contributed by atoms with van der Waals surface area (Å²) >= 11 is 0. The van der Waals surface area contributed by atoms with Gasteiger partial charge < -0.3 is 5.32 Å². The SMILES string of the molecule is Cc1cccc(C(Nc2cc(C(F)(F)F)ccn2)c2ccccn2)c1. The van der Waals surface area contributed by atoms with Gasteiger partial charge in [0.05, 0.1) is 17.3 Å². The van der Waals surface area contributed by atoms with Gasteiger partial charge in [0.2, 0.25) is 0 Å². The normalized spacial score (nSPS) is 12.6. The summed E-state index contributed by atoms with van der Waals surface area (Å²) in [5, 5.41) is 3.08. The van der Waals surface area contributed by atoms with E-state index in [1.807, 2.05) is 43.3 Å². The average Bonchev–Trinajstić information content (AvgIpc) is 2.60. The van der Waals surface area contributed by atoms with E-state index in [1.54, 1.807) is 12.3 Å². The van der Waals surface area contributed by atoms with Gasteiger partial charge in [-0.15, -0.1) is 0 Å². The van der Waals surface area contributed by atoms with E-state index in [-0.39, 0.29) is 5.82 Å². The molecule has 1 atom stereocenters. The zero-order valence-corrected chi connectivity index (χ0v) is 13.5. The van der Waals surface area contributed by atoms with E-state index in [9.17, 15) is 13.2 Å². The van der Waals surface area contributed by atoms with E-state index in [0.29, 0.717) is 5.69 Å². The summed E-state index contributed by atoms with van der Waals surface area (Å²) in [4.78, 5) is 8.37. The molecule has 6 heteroatoms. The van der Waals surface area contributed by atoms with Crippen LogP contribution >= 0.6 is 0 Å². The Morgan fingerprint density at radius 1 is 0.920 bits per heavy atom. The first-order valence-electron chi connectivity index (χ1n) is 7.71. The van der Waals surface area contributed by atoms with Gasteiger partial charge >= 0.3 is 6.18 Å². The molecule has 3 nitrogen and oxygen atoms in total. The largest absolute Gasteiger partial charge is 0.416 e. The molecule has 128 valence electrons. The molecule has 25 heavy (non-hydrogen) atoms. The summed E-state index contributed by atoms with van der Waals surface area (Å²) in [6, 6.07) is 14.8. The third-order valence-electron chi connectivity index (χ3n) is 3.74. The first kappa shape index (κ1) is 17.0. The number of aromatic nitrogens is 2. The van der Waals surface area contributed by atoms with E-state index in [4.69, 9.17) is 0 Å². The third-order valence-corrected chi connectivity index (χ3v) is 3.74. The molecule has 1 unspecified atom stereocenters. The molecule has 0 aliphatic rings. The minimum atomic E-state index is -4.41. The molecule has 3 rings (SSSR count). The zero-order chi connectivity index (χ0) is 17.9. The van der Waals surface area contributed by atoms with Crippen LogP contribution in [0.25, 0.3) is 0 Å². The molecule has 0 fully saturated rings. The lowest BCUT2D eigenvalue weighted by Crippen LogP contribution is -2.15. The molecule has 0 saturated heterocycles. The Hall–Kier alpha value is -2.89. The van der Waals surface area contributed by atoms with Gasteiger partial charge in [0.25, 0.3) is 0 Å². The molecule has 0 saturated carbocycles. The third kappa shape index (κ3) is 4.15. The van der Waals surface area contributed by atoms with Crippen LogP contribution in [0.3, 0.4) is 0 Å². The molecule has 0 bridgehead atoms. The molecule has 0 aliphatic heterocycles. The van der Waals surface area contributed by atoms with E-state index in [2.05, 4.69) is 15.3 Å².